The molecule has 0 aliphatic rings. The fraction of sp³-hybridized carbons (Fsp3) is 0.0968. The summed E-state index contributed by atoms with van der Waals surface area (Å²) in [6.45, 7) is 22.3. The van der Waals surface area contributed by atoms with Gasteiger partial charge in [-0.05, 0) is 131 Å². The van der Waals surface area contributed by atoms with Gasteiger partial charge in [-0.15, -0.1) is 0 Å². The maximum atomic E-state index is 12.1. The second-order valence-electron chi connectivity index (χ2n) is 18.4. The van der Waals surface area contributed by atoms with Crippen LogP contribution < -0.4 is 0 Å². The normalized spacial score (nSPS) is 11.7. The molecule has 0 saturated heterocycles. The zero-order valence-corrected chi connectivity index (χ0v) is 38.3. The molecule has 0 atom stereocenters. The molecule has 0 N–H and O–H groups in total. The maximum absolute atomic E-state index is 12.1. The Morgan fingerprint density at radius 2 is 0.687 bits per heavy atom. The summed E-state index contributed by atoms with van der Waals surface area (Å²) < 4.78 is 6.99. The van der Waals surface area contributed by atoms with Crippen LogP contribution in [0.1, 0.15) is 38.9 Å². The number of fused-ring (bicyclic) bond motifs is 9. The van der Waals surface area contributed by atoms with Crippen molar-refractivity contribution in [1.82, 2.24) is 13.7 Å². The SMILES string of the molecule is [C-]#[N+]c1c(-c2ccc(-c3ccccc3)cc2)c(C#N)c(-n2c3ccc(C)cc3c3cc(C)ccc32)c(-n2c3ccc(C)cc3c3cc(C)ccc32)c1-n1c2ccc(C)cc2c2cc(C)ccc21. The van der Waals surface area contributed by atoms with Crippen molar-refractivity contribution in [1.29, 1.82) is 5.26 Å². The molecule has 0 aliphatic carbocycles. The topological polar surface area (TPSA) is 42.9 Å². The van der Waals surface area contributed by atoms with E-state index in [-0.39, 0.29) is 0 Å². The van der Waals surface area contributed by atoms with Crippen LogP contribution in [-0.4, -0.2) is 13.7 Å². The monoisotopic (exact) mass is 859 g/mol. The van der Waals surface area contributed by atoms with Gasteiger partial charge in [0.25, 0.3) is 0 Å². The highest BCUT2D eigenvalue weighted by Gasteiger charge is 2.33. The average Bonchev–Trinajstić information content (AvgIpc) is 3.94. The van der Waals surface area contributed by atoms with Gasteiger partial charge in [-0.3, -0.25) is 0 Å². The van der Waals surface area contributed by atoms with Crippen molar-refractivity contribution in [2.45, 2.75) is 41.5 Å². The van der Waals surface area contributed by atoms with Gasteiger partial charge in [0.05, 0.1) is 62.3 Å². The number of aromatic nitrogens is 3. The molecule has 5 nitrogen and oxygen atoms in total. The molecule has 0 fully saturated rings. The number of benzene rings is 9. The third-order valence-corrected chi connectivity index (χ3v) is 13.8. The van der Waals surface area contributed by atoms with E-state index in [2.05, 4.69) is 212 Å². The van der Waals surface area contributed by atoms with Crippen molar-refractivity contribution in [3.63, 3.8) is 0 Å². The molecule has 0 spiro atoms. The van der Waals surface area contributed by atoms with Gasteiger partial charge < -0.3 is 13.7 Å². The van der Waals surface area contributed by atoms with Crippen molar-refractivity contribution in [2.24, 2.45) is 0 Å². The first-order valence-electron chi connectivity index (χ1n) is 22.8. The molecule has 0 saturated carbocycles. The van der Waals surface area contributed by atoms with Crippen LogP contribution in [0.3, 0.4) is 0 Å². The van der Waals surface area contributed by atoms with E-state index < -0.39 is 0 Å². The number of nitriles is 1. The highest BCUT2D eigenvalue weighted by atomic mass is 15.1. The molecule has 0 aliphatic heterocycles. The first kappa shape index (κ1) is 39.9. The summed E-state index contributed by atoms with van der Waals surface area (Å²) in [5, 5.41) is 18.8. The molecule has 12 aromatic rings. The maximum Gasteiger partial charge on any atom is 0.221 e. The minimum atomic E-state index is 0.407. The van der Waals surface area contributed by atoms with E-state index >= 15 is 0 Å². The third-order valence-electron chi connectivity index (χ3n) is 13.8. The van der Waals surface area contributed by atoms with Crippen LogP contribution >= 0.6 is 0 Å². The molecule has 3 heterocycles. The standard InChI is InChI=1S/C62H45N5/c1-36-13-23-52-45(29-36)46-30-37(2)14-24-53(46)65(52)60-51(35-63)58(44-21-19-43(20-22-44)42-11-9-8-10-12-42)59(64-7)61(66-54-25-15-38(3)31-47(54)48-32-39(4)16-26-55(48)66)62(60)67-56-27-17-40(5)33-49(56)50-34-41(6)18-28-57(50)67/h8-34H,1-6H3. The quantitative estimate of drug-likeness (QED) is 0.159. The van der Waals surface area contributed by atoms with Crippen molar-refractivity contribution in [3.05, 3.63) is 214 Å². The zero-order chi connectivity index (χ0) is 45.8. The summed E-state index contributed by atoms with van der Waals surface area (Å²) in [6, 6.07) is 61.4. The molecule has 67 heavy (non-hydrogen) atoms. The van der Waals surface area contributed by atoms with Crippen molar-refractivity contribution in [3.8, 4) is 45.4 Å². The van der Waals surface area contributed by atoms with Crippen LogP contribution in [-0.2, 0) is 0 Å². The van der Waals surface area contributed by atoms with Crippen LogP contribution in [0.15, 0.2) is 164 Å². The van der Waals surface area contributed by atoms with Gasteiger partial charge in [0.1, 0.15) is 6.07 Å². The van der Waals surface area contributed by atoms with Crippen LogP contribution in [0.2, 0.25) is 0 Å². The third kappa shape index (κ3) is 5.99. The molecule has 0 radical (unpaired) electrons. The molecule has 5 heteroatoms. The largest absolute Gasteiger partial charge is 0.317 e. The Morgan fingerprint density at radius 1 is 0.373 bits per heavy atom. The Morgan fingerprint density at radius 3 is 1.03 bits per heavy atom. The van der Waals surface area contributed by atoms with Gasteiger partial charge in [-0.2, -0.15) is 5.26 Å². The van der Waals surface area contributed by atoms with E-state index in [9.17, 15) is 11.8 Å². The van der Waals surface area contributed by atoms with Crippen molar-refractivity contribution in [2.75, 3.05) is 0 Å². The van der Waals surface area contributed by atoms with Gasteiger partial charge in [-0.1, -0.05) is 124 Å². The van der Waals surface area contributed by atoms with Crippen LogP contribution in [0.4, 0.5) is 5.69 Å². The fourth-order valence-electron chi connectivity index (χ4n) is 10.8. The predicted molar refractivity (Wildman–Crippen MR) is 280 cm³/mol. The van der Waals surface area contributed by atoms with Gasteiger partial charge >= 0.3 is 0 Å². The lowest BCUT2D eigenvalue weighted by Crippen LogP contribution is -2.13. The first-order valence-corrected chi connectivity index (χ1v) is 22.8. The van der Waals surface area contributed by atoms with Crippen molar-refractivity contribution >= 4 is 71.1 Å². The lowest BCUT2D eigenvalue weighted by molar-refractivity contribution is 1.05. The van der Waals surface area contributed by atoms with Crippen LogP contribution in [0, 0.1) is 59.4 Å². The summed E-state index contributed by atoms with van der Waals surface area (Å²) in [7, 11) is 0. The number of aryl methyl sites for hydroxylation is 6. The molecule has 0 amide bonds. The highest BCUT2D eigenvalue weighted by Crippen LogP contribution is 2.52. The molecule has 9 aromatic carbocycles. The number of nitrogens with zero attached hydrogens (tertiary/aromatic N) is 5. The number of rotatable bonds is 5. The number of hydrogen-bond acceptors (Lipinski definition) is 1. The van der Waals surface area contributed by atoms with Crippen LogP contribution in [0.25, 0.3) is 110 Å². The lowest BCUT2D eigenvalue weighted by atomic mass is 9.92. The highest BCUT2D eigenvalue weighted by molar-refractivity contribution is 6.16. The van der Waals surface area contributed by atoms with E-state index in [1.807, 2.05) is 18.2 Å². The second-order valence-corrected chi connectivity index (χ2v) is 18.4. The molecule has 318 valence electrons. The van der Waals surface area contributed by atoms with Gasteiger partial charge in [0, 0.05) is 37.9 Å². The zero-order valence-electron chi connectivity index (χ0n) is 38.3. The van der Waals surface area contributed by atoms with Crippen LogP contribution in [0.5, 0.6) is 0 Å². The summed E-state index contributed by atoms with van der Waals surface area (Å²) >= 11 is 0. The van der Waals surface area contributed by atoms with Gasteiger partial charge in [-0.25, -0.2) is 4.85 Å². The summed E-state index contributed by atoms with van der Waals surface area (Å²) in [5.41, 5.74) is 19.4. The Balaban J connectivity index is 1.39. The summed E-state index contributed by atoms with van der Waals surface area (Å²) in [4.78, 5) is 4.63. The average molecular weight is 860 g/mol. The minimum absolute atomic E-state index is 0.407. The Labute approximate surface area is 389 Å². The van der Waals surface area contributed by atoms with E-state index in [1.54, 1.807) is 0 Å². The molecule has 0 bridgehead atoms. The smallest absolute Gasteiger partial charge is 0.221 e. The fourth-order valence-corrected chi connectivity index (χ4v) is 10.8. The Hall–Kier alpha value is -8.64. The molecule has 12 rings (SSSR count). The first-order chi connectivity index (χ1) is 32.6. The second kappa shape index (κ2) is 15.0. The molecule has 0 unspecified atom stereocenters. The van der Waals surface area contributed by atoms with Gasteiger partial charge in [0.2, 0.25) is 5.69 Å². The Kier molecular flexibility index (Phi) is 8.91. The predicted octanol–water partition coefficient (Wildman–Crippen LogP) is 16.6. The van der Waals surface area contributed by atoms with Crippen molar-refractivity contribution < 1.29 is 0 Å². The van der Waals surface area contributed by atoms with E-state index in [0.717, 1.165) is 121 Å². The summed E-state index contributed by atoms with van der Waals surface area (Å²) in [6.07, 6.45) is 0. The molecular formula is C62H45N5. The molecule has 3 aromatic heterocycles. The van der Waals surface area contributed by atoms with E-state index in [4.69, 9.17) is 0 Å². The van der Waals surface area contributed by atoms with E-state index in [0.29, 0.717) is 28.2 Å². The van der Waals surface area contributed by atoms with Gasteiger partial charge in [0.15, 0.2) is 0 Å². The Bertz CT molecular complexity index is 3820. The number of hydrogen-bond donors (Lipinski definition) is 0. The minimum Gasteiger partial charge on any atom is -0.317 e. The summed E-state index contributed by atoms with van der Waals surface area (Å²) in [5.74, 6) is 0. The lowest BCUT2D eigenvalue weighted by Gasteiger charge is -2.27. The van der Waals surface area contributed by atoms with E-state index in [1.165, 1.54) is 0 Å². The molecular weight excluding hydrogens is 815 g/mol.